The minimum atomic E-state index is -0.265. The lowest BCUT2D eigenvalue weighted by atomic mass is 10.1. The third-order valence-corrected chi connectivity index (χ3v) is 3.78. The van der Waals surface area contributed by atoms with E-state index in [1.54, 1.807) is 30.3 Å². The van der Waals surface area contributed by atoms with Gasteiger partial charge in [-0.05, 0) is 36.6 Å². The van der Waals surface area contributed by atoms with Gasteiger partial charge in [-0.1, -0.05) is 0 Å². The second-order valence-electron chi connectivity index (χ2n) is 5.25. The molecule has 2 aliphatic rings. The van der Waals surface area contributed by atoms with Crippen LogP contribution in [0.4, 0.5) is 5.69 Å². The Morgan fingerprint density at radius 2 is 1.91 bits per heavy atom. The highest BCUT2D eigenvalue weighted by Crippen LogP contribution is 2.35. The van der Waals surface area contributed by atoms with Crippen molar-refractivity contribution in [2.24, 2.45) is 0 Å². The Balaban J connectivity index is 1.88. The highest BCUT2D eigenvalue weighted by Gasteiger charge is 2.38. The lowest BCUT2D eigenvalue weighted by Crippen LogP contribution is -2.25. The van der Waals surface area contributed by atoms with E-state index in [1.807, 2.05) is 11.0 Å². The van der Waals surface area contributed by atoms with Gasteiger partial charge in [-0.2, -0.15) is 15.8 Å². The van der Waals surface area contributed by atoms with E-state index >= 15 is 0 Å². The van der Waals surface area contributed by atoms with Crippen LogP contribution in [0.3, 0.4) is 0 Å². The molecule has 1 fully saturated rings. The summed E-state index contributed by atoms with van der Waals surface area (Å²) in [6, 6.07) is 10.7. The van der Waals surface area contributed by atoms with Crippen LogP contribution in [0.1, 0.15) is 28.8 Å². The van der Waals surface area contributed by atoms with Gasteiger partial charge in [0.05, 0.1) is 0 Å². The Kier molecular flexibility index (Phi) is 3.26. The standard InChI is InChI=1S/C16H11N5O/c17-6-11(7-18)15(8-19)20-12-1-4-14-10(5-12)9-21(16(14)22)13-2-3-13/h1,4-5,13,20H,2-3,9H2. The van der Waals surface area contributed by atoms with Gasteiger partial charge >= 0.3 is 0 Å². The van der Waals surface area contributed by atoms with Crippen molar-refractivity contribution >= 4 is 11.6 Å². The van der Waals surface area contributed by atoms with Crippen LogP contribution in [-0.4, -0.2) is 16.8 Å². The minimum Gasteiger partial charge on any atom is -0.345 e. The summed E-state index contributed by atoms with van der Waals surface area (Å²) in [6.45, 7) is 0.573. The highest BCUT2D eigenvalue weighted by atomic mass is 16.2. The van der Waals surface area contributed by atoms with Crippen LogP contribution in [0, 0.1) is 34.0 Å². The highest BCUT2D eigenvalue weighted by molar-refractivity contribution is 5.99. The van der Waals surface area contributed by atoms with E-state index in [0.717, 1.165) is 18.4 Å². The molecule has 1 aromatic rings. The third kappa shape index (κ3) is 2.26. The number of nitrogens with one attached hydrogen (secondary N) is 1. The molecule has 0 aromatic heterocycles. The molecule has 106 valence electrons. The summed E-state index contributed by atoms with van der Waals surface area (Å²) in [4.78, 5) is 14.1. The summed E-state index contributed by atoms with van der Waals surface area (Å²) in [6.07, 6.45) is 2.11. The van der Waals surface area contributed by atoms with E-state index in [4.69, 9.17) is 15.8 Å². The summed E-state index contributed by atoms with van der Waals surface area (Å²) < 4.78 is 0. The van der Waals surface area contributed by atoms with Gasteiger partial charge in [0.1, 0.15) is 23.9 Å². The number of nitriles is 3. The summed E-state index contributed by atoms with van der Waals surface area (Å²) >= 11 is 0. The zero-order chi connectivity index (χ0) is 15.7. The monoisotopic (exact) mass is 289 g/mol. The number of benzene rings is 1. The van der Waals surface area contributed by atoms with Crippen LogP contribution in [-0.2, 0) is 6.54 Å². The van der Waals surface area contributed by atoms with Crippen molar-refractivity contribution in [3.05, 3.63) is 40.6 Å². The fourth-order valence-corrected chi connectivity index (χ4v) is 2.53. The predicted octanol–water partition coefficient (Wildman–Crippen LogP) is 2.04. The summed E-state index contributed by atoms with van der Waals surface area (Å²) in [5.74, 6) is 0.0508. The maximum atomic E-state index is 12.2. The predicted molar refractivity (Wildman–Crippen MR) is 76.8 cm³/mol. The van der Waals surface area contributed by atoms with E-state index in [1.165, 1.54) is 0 Å². The van der Waals surface area contributed by atoms with E-state index < -0.39 is 0 Å². The SMILES string of the molecule is N#CC(C#N)=C(C#N)Nc1ccc2c(c1)CN(C1CC1)C2=O. The van der Waals surface area contributed by atoms with Crippen LogP contribution in [0.2, 0.25) is 0 Å². The molecule has 1 saturated carbocycles. The molecular weight excluding hydrogens is 278 g/mol. The van der Waals surface area contributed by atoms with Crippen molar-refractivity contribution in [2.75, 3.05) is 5.32 Å². The fraction of sp³-hybridized carbons (Fsp3) is 0.250. The first-order chi connectivity index (χ1) is 10.7. The van der Waals surface area contributed by atoms with Gasteiger partial charge < -0.3 is 10.2 Å². The lowest BCUT2D eigenvalue weighted by molar-refractivity contribution is 0.0766. The number of carbonyl (C=O) groups excluding carboxylic acids is 1. The molecule has 0 unspecified atom stereocenters. The Hall–Kier alpha value is -3.30. The lowest BCUT2D eigenvalue weighted by Gasteiger charge is -2.13. The van der Waals surface area contributed by atoms with Gasteiger partial charge in [0.2, 0.25) is 0 Å². The van der Waals surface area contributed by atoms with Gasteiger partial charge in [0, 0.05) is 23.8 Å². The number of amides is 1. The molecule has 1 N–H and O–H groups in total. The number of hydrogen-bond acceptors (Lipinski definition) is 5. The summed E-state index contributed by atoms with van der Waals surface area (Å²) in [5, 5.41) is 29.5. The van der Waals surface area contributed by atoms with Crippen molar-refractivity contribution < 1.29 is 4.79 Å². The normalized spacial score (nSPS) is 15.3. The second-order valence-corrected chi connectivity index (χ2v) is 5.25. The van der Waals surface area contributed by atoms with Crippen molar-refractivity contribution in [3.8, 4) is 18.2 Å². The molecule has 1 heterocycles. The van der Waals surface area contributed by atoms with Crippen LogP contribution in [0.15, 0.2) is 29.5 Å². The van der Waals surface area contributed by atoms with E-state index in [0.29, 0.717) is 23.8 Å². The molecule has 22 heavy (non-hydrogen) atoms. The Morgan fingerprint density at radius 1 is 1.18 bits per heavy atom. The zero-order valence-corrected chi connectivity index (χ0v) is 11.6. The number of nitrogens with zero attached hydrogens (tertiary/aromatic N) is 4. The average molecular weight is 289 g/mol. The number of rotatable bonds is 3. The van der Waals surface area contributed by atoms with Gasteiger partial charge in [-0.15, -0.1) is 0 Å². The van der Waals surface area contributed by atoms with Crippen molar-refractivity contribution in [1.82, 2.24) is 4.90 Å². The van der Waals surface area contributed by atoms with Gasteiger partial charge in [0.25, 0.3) is 5.91 Å². The largest absolute Gasteiger partial charge is 0.345 e. The molecule has 1 aliphatic heterocycles. The first kappa shape index (κ1) is 13.7. The smallest absolute Gasteiger partial charge is 0.254 e. The molecule has 0 bridgehead atoms. The van der Waals surface area contributed by atoms with Gasteiger partial charge in [0.15, 0.2) is 5.57 Å². The molecule has 0 saturated heterocycles. The topological polar surface area (TPSA) is 104 Å². The van der Waals surface area contributed by atoms with Gasteiger partial charge in [-0.3, -0.25) is 4.79 Å². The third-order valence-electron chi connectivity index (χ3n) is 3.78. The second kappa shape index (κ2) is 5.24. The minimum absolute atomic E-state index is 0.0508. The fourth-order valence-electron chi connectivity index (χ4n) is 2.53. The maximum absolute atomic E-state index is 12.2. The zero-order valence-electron chi connectivity index (χ0n) is 11.6. The van der Waals surface area contributed by atoms with Crippen LogP contribution in [0.25, 0.3) is 0 Å². The molecule has 0 spiro atoms. The van der Waals surface area contributed by atoms with Crippen LogP contribution in [0.5, 0.6) is 0 Å². The number of anilines is 1. The number of carbonyl (C=O) groups is 1. The first-order valence-electron chi connectivity index (χ1n) is 6.83. The Labute approximate surface area is 127 Å². The Bertz CT molecular complexity index is 798. The summed E-state index contributed by atoms with van der Waals surface area (Å²) in [5.41, 5.74) is 1.81. The van der Waals surface area contributed by atoms with E-state index in [-0.39, 0.29) is 17.2 Å². The number of hydrogen-bond donors (Lipinski definition) is 1. The molecular formula is C16H11N5O. The molecule has 0 atom stereocenters. The maximum Gasteiger partial charge on any atom is 0.254 e. The van der Waals surface area contributed by atoms with Crippen LogP contribution < -0.4 is 5.32 Å². The molecule has 3 rings (SSSR count). The average Bonchev–Trinajstić information content (AvgIpc) is 3.32. The van der Waals surface area contributed by atoms with E-state index in [2.05, 4.69) is 5.32 Å². The van der Waals surface area contributed by atoms with Crippen molar-refractivity contribution in [2.45, 2.75) is 25.4 Å². The number of fused-ring (bicyclic) bond motifs is 1. The van der Waals surface area contributed by atoms with Crippen molar-refractivity contribution in [1.29, 1.82) is 15.8 Å². The Morgan fingerprint density at radius 3 is 2.50 bits per heavy atom. The summed E-state index contributed by atoms with van der Waals surface area (Å²) in [7, 11) is 0. The molecule has 1 aliphatic carbocycles. The van der Waals surface area contributed by atoms with Crippen LogP contribution >= 0.6 is 0 Å². The molecule has 1 aromatic carbocycles. The van der Waals surface area contributed by atoms with Gasteiger partial charge in [-0.25, -0.2) is 0 Å². The number of allylic oxidation sites excluding steroid dienone is 2. The molecule has 6 nitrogen and oxygen atoms in total. The molecule has 0 radical (unpaired) electrons. The van der Waals surface area contributed by atoms with Crippen molar-refractivity contribution in [3.63, 3.8) is 0 Å². The first-order valence-corrected chi connectivity index (χ1v) is 6.83. The van der Waals surface area contributed by atoms with E-state index in [9.17, 15) is 4.79 Å². The molecule has 1 amide bonds. The molecule has 6 heteroatoms. The quantitative estimate of drug-likeness (QED) is 0.857.